The monoisotopic (exact) mass is 315 g/mol. The SMILES string of the molecule is CCOc1ccccc1/C=C1\C(=O)N(CC)C(C)=C1C(=O)OC. The molecule has 0 bridgehead atoms. The van der Waals surface area contributed by atoms with Crippen molar-refractivity contribution in [1.29, 1.82) is 0 Å². The van der Waals surface area contributed by atoms with E-state index in [0.717, 1.165) is 5.56 Å². The lowest BCUT2D eigenvalue weighted by Crippen LogP contribution is -2.24. The Morgan fingerprint density at radius 2 is 1.96 bits per heavy atom. The van der Waals surface area contributed by atoms with Gasteiger partial charge in [-0.2, -0.15) is 0 Å². The number of ether oxygens (including phenoxy) is 2. The summed E-state index contributed by atoms with van der Waals surface area (Å²) >= 11 is 0. The lowest BCUT2D eigenvalue weighted by Gasteiger charge is -2.14. The molecule has 0 N–H and O–H groups in total. The van der Waals surface area contributed by atoms with Gasteiger partial charge in [-0.1, -0.05) is 18.2 Å². The summed E-state index contributed by atoms with van der Waals surface area (Å²) in [7, 11) is 1.31. The highest BCUT2D eigenvalue weighted by Gasteiger charge is 2.36. The van der Waals surface area contributed by atoms with E-state index in [4.69, 9.17) is 9.47 Å². The fourth-order valence-electron chi connectivity index (χ4n) is 2.65. The summed E-state index contributed by atoms with van der Waals surface area (Å²) in [5, 5.41) is 0. The minimum absolute atomic E-state index is 0.197. The number of hydrogen-bond acceptors (Lipinski definition) is 4. The lowest BCUT2D eigenvalue weighted by atomic mass is 10.0. The molecule has 1 heterocycles. The van der Waals surface area contributed by atoms with Crippen molar-refractivity contribution in [2.75, 3.05) is 20.3 Å². The summed E-state index contributed by atoms with van der Waals surface area (Å²) in [6, 6.07) is 7.41. The molecule has 1 aromatic rings. The van der Waals surface area contributed by atoms with Crippen LogP contribution in [0.2, 0.25) is 0 Å². The van der Waals surface area contributed by atoms with Crippen LogP contribution in [-0.4, -0.2) is 37.0 Å². The Morgan fingerprint density at radius 1 is 1.26 bits per heavy atom. The molecule has 0 radical (unpaired) electrons. The van der Waals surface area contributed by atoms with Crippen molar-refractivity contribution in [2.45, 2.75) is 20.8 Å². The van der Waals surface area contributed by atoms with Gasteiger partial charge < -0.3 is 14.4 Å². The summed E-state index contributed by atoms with van der Waals surface area (Å²) in [6.45, 7) is 6.53. The third-order valence-electron chi connectivity index (χ3n) is 3.74. The van der Waals surface area contributed by atoms with E-state index in [9.17, 15) is 9.59 Å². The first-order valence-electron chi connectivity index (χ1n) is 7.60. The summed E-state index contributed by atoms with van der Waals surface area (Å²) in [5.74, 6) is -0.0317. The van der Waals surface area contributed by atoms with Crippen molar-refractivity contribution >= 4 is 18.0 Å². The van der Waals surface area contributed by atoms with Gasteiger partial charge in [-0.05, 0) is 32.9 Å². The highest BCUT2D eigenvalue weighted by Crippen LogP contribution is 2.32. The molecule has 2 rings (SSSR count). The lowest BCUT2D eigenvalue weighted by molar-refractivity contribution is -0.136. The van der Waals surface area contributed by atoms with Crippen LogP contribution in [0.5, 0.6) is 5.75 Å². The summed E-state index contributed by atoms with van der Waals surface area (Å²) in [5.41, 5.74) is 2.02. The average Bonchev–Trinajstić information content (AvgIpc) is 2.79. The number of nitrogens with zero attached hydrogens (tertiary/aromatic N) is 1. The van der Waals surface area contributed by atoms with E-state index < -0.39 is 5.97 Å². The minimum Gasteiger partial charge on any atom is -0.493 e. The molecule has 0 saturated heterocycles. The molecule has 5 nitrogen and oxygen atoms in total. The Kier molecular flexibility index (Phi) is 5.21. The van der Waals surface area contributed by atoms with Crippen molar-refractivity contribution in [2.24, 2.45) is 0 Å². The number of methoxy groups -OCH3 is 1. The smallest absolute Gasteiger partial charge is 0.340 e. The van der Waals surface area contributed by atoms with Crippen molar-refractivity contribution in [3.05, 3.63) is 46.7 Å². The van der Waals surface area contributed by atoms with Gasteiger partial charge in [-0.15, -0.1) is 0 Å². The number of esters is 1. The normalized spacial score (nSPS) is 16.3. The van der Waals surface area contributed by atoms with E-state index in [0.29, 0.717) is 35.7 Å². The van der Waals surface area contributed by atoms with E-state index in [1.54, 1.807) is 17.9 Å². The van der Waals surface area contributed by atoms with E-state index >= 15 is 0 Å². The largest absolute Gasteiger partial charge is 0.493 e. The fourth-order valence-corrected chi connectivity index (χ4v) is 2.65. The Hall–Kier alpha value is -2.56. The standard InChI is InChI=1S/C18H21NO4/c1-5-19-12(3)16(18(21)22-4)14(17(19)20)11-13-9-7-8-10-15(13)23-6-2/h7-11H,5-6H2,1-4H3/b14-11-. The van der Waals surface area contributed by atoms with Crippen molar-refractivity contribution < 1.29 is 19.1 Å². The number of carbonyl (C=O) groups is 2. The van der Waals surface area contributed by atoms with Crippen LogP contribution in [0.15, 0.2) is 41.1 Å². The molecule has 23 heavy (non-hydrogen) atoms. The van der Waals surface area contributed by atoms with E-state index in [1.807, 2.05) is 38.1 Å². The van der Waals surface area contributed by atoms with Crippen molar-refractivity contribution in [3.8, 4) is 5.75 Å². The first kappa shape index (κ1) is 16.8. The zero-order chi connectivity index (χ0) is 17.0. The van der Waals surface area contributed by atoms with Crippen LogP contribution in [-0.2, 0) is 14.3 Å². The second kappa shape index (κ2) is 7.13. The highest BCUT2D eigenvalue weighted by atomic mass is 16.5. The maximum Gasteiger partial charge on any atom is 0.340 e. The van der Waals surface area contributed by atoms with Crippen molar-refractivity contribution in [1.82, 2.24) is 4.90 Å². The molecular weight excluding hydrogens is 294 g/mol. The molecule has 1 aromatic carbocycles. The van der Waals surface area contributed by atoms with Crippen LogP contribution in [0.1, 0.15) is 26.3 Å². The minimum atomic E-state index is -0.507. The quantitative estimate of drug-likeness (QED) is 0.619. The zero-order valence-corrected chi connectivity index (χ0v) is 13.9. The molecule has 0 saturated carbocycles. The molecule has 5 heteroatoms. The first-order valence-corrected chi connectivity index (χ1v) is 7.60. The van der Waals surface area contributed by atoms with E-state index in [2.05, 4.69) is 0 Å². The van der Waals surface area contributed by atoms with Gasteiger partial charge in [-0.3, -0.25) is 4.79 Å². The molecule has 0 aromatic heterocycles. The van der Waals surface area contributed by atoms with Gasteiger partial charge in [0.15, 0.2) is 0 Å². The molecule has 1 aliphatic rings. The number of benzene rings is 1. The molecule has 1 aliphatic heterocycles. The van der Waals surface area contributed by atoms with Crippen LogP contribution < -0.4 is 4.74 Å². The number of allylic oxidation sites excluding steroid dienone is 1. The van der Waals surface area contributed by atoms with Gasteiger partial charge in [0.1, 0.15) is 5.75 Å². The maximum absolute atomic E-state index is 12.6. The van der Waals surface area contributed by atoms with Crippen LogP contribution in [0, 0.1) is 0 Å². The molecule has 0 atom stereocenters. The highest BCUT2D eigenvalue weighted by molar-refractivity contribution is 6.16. The number of likely N-dealkylation sites (N-methyl/N-ethyl adjacent to an activating group) is 1. The summed E-state index contributed by atoms with van der Waals surface area (Å²) in [6.07, 6.45) is 1.69. The second-order valence-electron chi connectivity index (χ2n) is 5.03. The number of rotatable bonds is 5. The molecular formula is C18H21NO4. The average molecular weight is 315 g/mol. The molecule has 0 spiro atoms. The summed E-state index contributed by atoms with van der Waals surface area (Å²) in [4.78, 5) is 26.3. The number of para-hydroxylation sites is 1. The van der Waals surface area contributed by atoms with Gasteiger partial charge >= 0.3 is 5.97 Å². The van der Waals surface area contributed by atoms with E-state index in [-0.39, 0.29) is 5.91 Å². The van der Waals surface area contributed by atoms with Gasteiger partial charge in [0, 0.05) is 17.8 Å². The maximum atomic E-state index is 12.6. The molecule has 1 amide bonds. The number of amides is 1. The molecule has 122 valence electrons. The third kappa shape index (κ3) is 3.13. The van der Waals surface area contributed by atoms with Gasteiger partial charge in [0.25, 0.3) is 5.91 Å². The Labute approximate surface area is 136 Å². The van der Waals surface area contributed by atoms with E-state index in [1.165, 1.54) is 7.11 Å². The second-order valence-corrected chi connectivity index (χ2v) is 5.03. The Balaban J connectivity index is 2.56. The Bertz CT molecular complexity index is 688. The molecule has 0 unspecified atom stereocenters. The molecule has 0 aliphatic carbocycles. The van der Waals surface area contributed by atoms with Crippen LogP contribution in [0.3, 0.4) is 0 Å². The van der Waals surface area contributed by atoms with Crippen molar-refractivity contribution in [3.63, 3.8) is 0 Å². The van der Waals surface area contributed by atoms with Crippen LogP contribution in [0.25, 0.3) is 6.08 Å². The third-order valence-corrected chi connectivity index (χ3v) is 3.74. The number of hydrogen-bond donors (Lipinski definition) is 0. The summed E-state index contributed by atoms with van der Waals surface area (Å²) < 4.78 is 10.4. The predicted molar refractivity (Wildman–Crippen MR) is 87.7 cm³/mol. The van der Waals surface area contributed by atoms with Crippen LogP contribution in [0.4, 0.5) is 0 Å². The topological polar surface area (TPSA) is 55.8 Å². The first-order chi connectivity index (χ1) is 11.0. The zero-order valence-electron chi connectivity index (χ0n) is 13.9. The fraction of sp³-hybridized carbons (Fsp3) is 0.333. The molecule has 0 fully saturated rings. The van der Waals surface area contributed by atoms with Gasteiger partial charge in [0.2, 0.25) is 0 Å². The predicted octanol–water partition coefficient (Wildman–Crippen LogP) is 2.78. The van der Waals surface area contributed by atoms with Gasteiger partial charge in [0.05, 0.1) is 24.9 Å². The Morgan fingerprint density at radius 3 is 2.57 bits per heavy atom. The van der Waals surface area contributed by atoms with Gasteiger partial charge in [-0.25, -0.2) is 4.79 Å². The number of carbonyl (C=O) groups excluding carboxylic acids is 2. The van der Waals surface area contributed by atoms with Crippen LogP contribution >= 0.6 is 0 Å².